The lowest BCUT2D eigenvalue weighted by atomic mass is 10.1. The molecule has 7 heteroatoms. The van der Waals surface area contributed by atoms with E-state index in [9.17, 15) is 9.59 Å². The standard InChI is InChI=1S/C14H17N3O4/c1-17(9-11-4-2-3-10(7-11)8-15)14(21)16-12(5-6-18)13(19)20/h2-4,7,12,18H,5-6,9H2,1H3,(H,16,21)(H,19,20)/t12-/m1/s1. The number of nitriles is 1. The zero-order valence-corrected chi connectivity index (χ0v) is 11.6. The van der Waals surface area contributed by atoms with Crippen LogP contribution in [0.25, 0.3) is 0 Å². The van der Waals surface area contributed by atoms with Crippen LogP contribution in [0.2, 0.25) is 0 Å². The number of hydrogen-bond donors (Lipinski definition) is 3. The van der Waals surface area contributed by atoms with Gasteiger partial charge in [-0.15, -0.1) is 0 Å². The molecule has 1 atom stereocenters. The highest BCUT2D eigenvalue weighted by Crippen LogP contribution is 2.07. The maximum Gasteiger partial charge on any atom is 0.326 e. The van der Waals surface area contributed by atoms with Crippen LogP contribution in [-0.2, 0) is 11.3 Å². The lowest BCUT2D eigenvalue weighted by molar-refractivity contribution is -0.139. The van der Waals surface area contributed by atoms with Gasteiger partial charge in [0.2, 0.25) is 0 Å². The minimum absolute atomic E-state index is 0.0567. The van der Waals surface area contributed by atoms with E-state index in [0.29, 0.717) is 5.56 Å². The molecule has 21 heavy (non-hydrogen) atoms. The van der Waals surface area contributed by atoms with Crippen molar-refractivity contribution < 1.29 is 19.8 Å². The quantitative estimate of drug-likeness (QED) is 0.707. The summed E-state index contributed by atoms with van der Waals surface area (Å²) >= 11 is 0. The molecule has 0 fully saturated rings. The Morgan fingerprint density at radius 3 is 2.76 bits per heavy atom. The summed E-state index contributed by atoms with van der Waals surface area (Å²) in [6, 6.07) is 7.12. The second-order valence-electron chi connectivity index (χ2n) is 4.52. The summed E-state index contributed by atoms with van der Waals surface area (Å²) in [7, 11) is 1.52. The average Bonchev–Trinajstić information content (AvgIpc) is 2.46. The highest BCUT2D eigenvalue weighted by molar-refractivity contribution is 5.82. The molecule has 1 rings (SSSR count). The van der Waals surface area contributed by atoms with Gasteiger partial charge in [0.15, 0.2) is 0 Å². The largest absolute Gasteiger partial charge is 0.480 e. The minimum atomic E-state index is -1.20. The predicted molar refractivity (Wildman–Crippen MR) is 74.3 cm³/mol. The Kier molecular flexibility index (Phi) is 6.17. The number of aliphatic hydroxyl groups excluding tert-OH is 1. The topological polar surface area (TPSA) is 114 Å². The first kappa shape index (κ1) is 16.5. The molecule has 0 aliphatic rings. The molecule has 0 unspecified atom stereocenters. The second-order valence-corrected chi connectivity index (χ2v) is 4.52. The van der Waals surface area contributed by atoms with Crippen LogP contribution in [0.15, 0.2) is 24.3 Å². The summed E-state index contributed by atoms with van der Waals surface area (Å²) in [5.74, 6) is -1.20. The fourth-order valence-corrected chi connectivity index (χ4v) is 1.73. The molecule has 0 heterocycles. The molecule has 1 aromatic carbocycles. The van der Waals surface area contributed by atoms with E-state index in [2.05, 4.69) is 5.32 Å². The van der Waals surface area contributed by atoms with E-state index in [1.54, 1.807) is 24.3 Å². The Bertz CT molecular complexity index is 553. The number of aliphatic hydroxyl groups is 1. The van der Waals surface area contributed by atoms with E-state index < -0.39 is 18.0 Å². The number of benzene rings is 1. The monoisotopic (exact) mass is 291 g/mol. The van der Waals surface area contributed by atoms with Crippen molar-refractivity contribution in [3.8, 4) is 6.07 Å². The van der Waals surface area contributed by atoms with E-state index in [0.717, 1.165) is 5.56 Å². The maximum atomic E-state index is 11.9. The highest BCUT2D eigenvalue weighted by Gasteiger charge is 2.21. The van der Waals surface area contributed by atoms with Crippen molar-refractivity contribution in [3.63, 3.8) is 0 Å². The molecule has 0 saturated carbocycles. The van der Waals surface area contributed by atoms with Crippen LogP contribution in [0.4, 0.5) is 4.79 Å². The molecule has 2 amide bonds. The van der Waals surface area contributed by atoms with Crippen molar-refractivity contribution in [2.45, 2.75) is 19.0 Å². The zero-order valence-electron chi connectivity index (χ0n) is 11.6. The number of carbonyl (C=O) groups excluding carboxylic acids is 1. The van der Waals surface area contributed by atoms with Crippen LogP contribution in [-0.4, -0.2) is 46.8 Å². The fraction of sp³-hybridized carbons (Fsp3) is 0.357. The number of rotatable bonds is 6. The van der Waals surface area contributed by atoms with Gasteiger partial charge in [0, 0.05) is 26.6 Å². The van der Waals surface area contributed by atoms with Crippen LogP contribution in [0.5, 0.6) is 0 Å². The molecule has 0 aliphatic carbocycles. The average molecular weight is 291 g/mol. The van der Waals surface area contributed by atoms with Crippen LogP contribution in [0.1, 0.15) is 17.5 Å². The molecule has 1 aromatic rings. The Morgan fingerprint density at radius 1 is 1.48 bits per heavy atom. The number of carboxylic acids is 1. The van der Waals surface area contributed by atoms with Crippen LogP contribution in [0, 0.1) is 11.3 Å². The van der Waals surface area contributed by atoms with Gasteiger partial charge in [0.1, 0.15) is 6.04 Å². The van der Waals surface area contributed by atoms with Crippen LogP contribution < -0.4 is 5.32 Å². The summed E-state index contributed by atoms with van der Waals surface area (Å²) in [6.07, 6.45) is -0.0567. The number of nitrogens with one attached hydrogen (secondary N) is 1. The van der Waals surface area contributed by atoms with Gasteiger partial charge in [-0.2, -0.15) is 5.26 Å². The summed E-state index contributed by atoms with van der Waals surface area (Å²) in [5.41, 5.74) is 1.26. The second kappa shape index (κ2) is 7.87. The van der Waals surface area contributed by atoms with Crippen LogP contribution in [0.3, 0.4) is 0 Å². The van der Waals surface area contributed by atoms with E-state index in [1.807, 2.05) is 6.07 Å². The van der Waals surface area contributed by atoms with Gasteiger partial charge in [-0.1, -0.05) is 12.1 Å². The van der Waals surface area contributed by atoms with Gasteiger partial charge >= 0.3 is 12.0 Å². The van der Waals surface area contributed by atoms with Crippen molar-refractivity contribution in [2.24, 2.45) is 0 Å². The molecule has 0 radical (unpaired) electrons. The third kappa shape index (κ3) is 5.12. The number of carbonyl (C=O) groups is 2. The summed E-state index contributed by atoms with van der Waals surface area (Å²) < 4.78 is 0. The number of hydrogen-bond acceptors (Lipinski definition) is 4. The van der Waals surface area contributed by atoms with Gasteiger partial charge < -0.3 is 20.4 Å². The third-order valence-electron chi connectivity index (χ3n) is 2.84. The number of amides is 2. The van der Waals surface area contributed by atoms with E-state index in [-0.39, 0.29) is 19.6 Å². The molecule has 3 N–H and O–H groups in total. The lowest BCUT2D eigenvalue weighted by Crippen LogP contribution is -2.46. The summed E-state index contributed by atoms with van der Waals surface area (Å²) in [6.45, 7) is -0.0853. The van der Waals surface area contributed by atoms with Crippen molar-refractivity contribution in [3.05, 3.63) is 35.4 Å². The number of urea groups is 1. The Balaban J connectivity index is 2.65. The SMILES string of the molecule is CN(Cc1cccc(C#N)c1)C(=O)N[C@H](CCO)C(=O)O. The third-order valence-corrected chi connectivity index (χ3v) is 2.84. The van der Waals surface area contributed by atoms with Gasteiger partial charge in [-0.25, -0.2) is 9.59 Å². The van der Waals surface area contributed by atoms with E-state index in [4.69, 9.17) is 15.5 Å². The Labute approximate surface area is 122 Å². The molecular formula is C14H17N3O4. The van der Waals surface area contributed by atoms with Crippen LogP contribution >= 0.6 is 0 Å². The van der Waals surface area contributed by atoms with Crippen molar-refractivity contribution in [1.29, 1.82) is 5.26 Å². The van der Waals surface area contributed by atoms with Gasteiger partial charge in [0.25, 0.3) is 0 Å². The normalized spacial score (nSPS) is 11.3. The van der Waals surface area contributed by atoms with Crippen molar-refractivity contribution in [1.82, 2.24) is 10.2 Å². The van der Waals surface area contributed by atoms with Crippen molar-refractivity contribution >= 4 is 12.0 Å². The Morgan fingerprint density at radius 2 is 2.19 bits per heavy atom. The number of aliphatic carboxylic acids is 1. The molecule has 0 saturated heterocycles. The minimum Gasteiger partial charge on any atom is -0.480 e. The first-order chi connectivity index (χ1) is 9.97. The molecule has 0 spiro atoms. The molecule has 0 aliphatic heterocycles. The first-order valence-corrected chi connectivity index (χ1v) is 6.32. The Hall–Kier alpha value is -2.59. The van der Waals surface area contributed by atoms with Gasteiger partial charge in [0.05, 0.1) is 11.6 Å². The maximum absolute atomic E-state index is 11.9. The predicted octanol–water partition coefficient (Wildman–Crippen LogP) is 0.535. The summed E-state index contributed by atoms with van der Waals surface area (Å²) in [4.78, 5) is 24.1. The summed E-state index contributed by atoms with van der Waals surface area (Å²) in [5, 5.41) is 28.8. The molecule has 7 nitrogen and oxygen atoms in total. The number of nitrogens with zero attached hydrogens (tertiary/aromatic N) is 2. The lowest BCUT2D eigenvalue weighted by Gasteiger charge is -2.21. The fourth-order valence-electron chi connectivity index (χ4n) is 1.73. The molecule has 112 valence electrons. The van der Waals surface area contributed by atoms with Crippen molar-refractivity contribution in [2.75, 3.05) is 13.7 Å². The first-order valence-electron chi connectivity index (χ1n) is 6.32. The van der Waals surface area contributed by atoms with E-state index in [1.165, 1.54) is 11.9 Å². The highest BCUT2D eigenvalue weighted by atomic mass is 16.4. The van der Waals surface area contributed by atoms with Gasteiger partial charge in [-0.05, 0) is 17.7 Å². The van der Waals surface area contributed by atoms with E-state index >= 15 is 0 Å². The number of carboxylic acid groups (broad SMARTS) is 1. The smallest absolute Gasteiger partial charge is 0.326 e. The zero-order chi connectivity index (χ0) is 15.8. The molecule has 0 bridgehead atoms. The molecule has 0 aromatic heterocycles. The molecular weight excluding hydrogens is 274 g/mol. The van der Waals surface area contributed by atoms with Gasteiger partial charge in [-0.3, -0.25) is 0 Å².